The maximum absolute atomic E-state index is 14.3. The van der Waals surface area contributed by atoms with E-state index < -0.39 is 21.7 Å². The lowest BCUT2D eigenvalue weighted by atomic mass is 10.1. The molecule has 0 saturated carbocycles. The molecule has 3 rings (SSSR count). The number of aryl methyl sites for hydroxylation is 2. The normalized spacial score (nSPS) is 17.0. The fourth-order valence-electron chi connectivity index (χ4n) is 3.40. The van der Waals surface area contributed by atoms with Crippen molar-refractivity contribution in [2.75, 3.05) is 11.3 Å². The fourth-order valence-corrected chi connectivity index (χ4v) is 4.98. The Morgan fingerprint density at radius 3 is 2.57 bits per heavy atom. The fraction of sp³-hybridized carbons (Fsp3) is 0.350. The van der Waals surface area contributed by atoms with Crippen LogP contribution in [0.3, 0.4) is 0 Å². The Labute approximate surface area is 169 Å². The minimum absolute atomic E-state index is 0.0342. The molecule has 0 unspecified atom stereocenters. The minimum Gasteiger partial charge on any atom is -0.336 e. The van der Waals surface area contributed by atoms with E-state index in [0.717, 1.165) is 18.9 Å². The van der Waals surface area contributed by atoms with Crippen LogP contribution in [0, 0.1) is 19.7 Å². The number of hydrogen-bond acceptors (Lipinski definition) is 3. The van der Waals surface area contributed by atoms with E-state index in [2.05, 4.69) is 4.72 Å². The summed E-state index contributed by atoms with van der Waals surface area (Å²) in [6.45, 7) is 5.85. The van der Waals surface area contributed by atoms with Gasteiger partial charge in [-0.2, -0.15) is 0 Å². The van der Waals surface area contributed by atoms with E-state index in [4.69, 9.17) is 11.6 Å². The molecule has 0 aliphatic carbocycles. The monoisotopic (exact) mass is 424 g/mol. The molecule has 2 aromatic carbocycles. The number of benzene rings is 2. The van der Waals surface area contributed by atoms with Gasteiger partial charge in [0.15, 0.2) is 0 Å². The third kappa shape index (κ3) is 4.00. The molecule has 28 heavy (non-hydrogen) atoms. The number of sulfonamides is 1. The largest absolute Gasteiger partial charge is 0.336 e. The quantitative estimate of drug-likeness (QED) is 0.784. The summed E-state index contributed by atoms with van der Waals surface area (Å²) in [7, 11) is -3.92. The van der Waals surface area contributed by atoms with Gasteiger partial charge in [-0.3, -0.25) is 9.52 Å². The van der Waals surface area contributed by atoms with Crippen molar-refractivity contribution in [3.05, 3.63) is 57.9 Å². The first-order valence-corrected chi connectivity index (χ1v) is 10.9. The lowest BCUT2D eigenvalue weighted by molar-refractivity contribution is 0.0743. The molecule has 0 aromatic heterocycles. The smallest absolute Gasteiger partial charge is 0.262 e. The Morgan fingerprint density at radius 2 is 1.93 bits per heavy atom. The van der Waals surface area contributed by atoms with Gasteiger partial charge in [0, 0.05) is 23.3 Å². The van der Waals surface area contributed by atoms with Crippen molar-refractivity contribution in [1.82, 2.24) is 4.90 Å². The Bertz CT molecular complexity index is 1040. The van der Waals surface area contributed by atoms with Crippen molar-refractivity contribution in [2.24, 2.45) is 0 Å². The van der Waals surface area contributed by atoms with Crippen LogP contribution >= 0.6 is 11.6 Å². The molecule has 150 valence electrons. The summed E-state index contributed by atoms with van der Waals surface area (Å²) in [6.07, 6.45) is 1.74. The average Bonchev–Trinajstić information content (AvgIpc) is 3.05. The Morgan fingerprint density at radius 1 is 1.21 bits per heavy atom. The predicted molar refractivity (Wildman–Crippen MR) is 108 cm³/mol. The van der Waals surface area contributed by atoms with Crippen molar-refractivity contribution in [1.29, 1.82) is 0 Å². The number of likely N-dealkylation sites (tertiary alicyclic amines) is 1. The van der Waals surface area contributed by atoms with Gasteiger partial charge in [-0.25, -0.2) is 12.8 Å². The van der Waals surface area contributed by atoms with Gasteiger partial charge in [0.1, 0.15) is 5.82 Å². The molecule has 0 radical (unpaired) electrons. The highest BCUT2D eigenvalue weighted by Gasteiger charge is 2.28. The number of carbonyl (C=O) groups is 1. The molecule has 0 spiro atoms. The number of anilines is 1. The summed E-state index contributed by atoms with van der Waals surface area (Å²) in [5, 5.41) is 0.478. The topological polar surface area (TPSA) is 66.5 Å². The molecule has 8 heteroatoms. The van der Waals surface area contributed by atoms with Crippen molar-refractivity contribution < 1.29 is 17.6 Å². The van der Waals surface area contributed by atoms with E-state index in [-0.39, 0.29) is 22.2 Å². The Hall–Kier alpha value is -2.12. The van der Waals surface area contributed by atoms with E-state index in [1.807, 2.05) is 6.92 Å². The molecule has 1 aliphatic rings. The standard InChI is InChI=1S/C20H22ClFN2O3S/c1-12-10-19(13(2)9-17(12)21)28(26,27)23-15-6-7-18(22)16(11-15)20(25)24-8-4-5-14(24)3/h6-7,9-11,14,23H,4-5,8H2,1-3H3/t14-/m1/s1. The van der Waals surface area contributed by atoms with Crippen LogP contribution in [0.5, 0.6) is 0 Å². The average molecular weight is 425 g/mol. The van der Waals surface area contributed by atoms with E-state index in [0.29, 0.717) is 22.7 Å². The van der Waals surface area contributed by atoms with E-state index in [1.54, 1.807) is 24.8 Å². The molecule has 0 bridgehead atoms. The number of nitrogens with zero attached hydrogens (tertiary/aromatic N) is 1. The van der Waals surface area contributed by atoms with Crippen molar-refractivity contribution in [3.63, 3.8) is 0 Å². The van der Waals surface area contributed by atoms with E-state index >= 15 is 0 Å². The predicted octanol–water partition coefficient (Wildman–Crippen LogP) is 4.52. The molecule has 1 aliphatic heterocycles. The van der Waals surface area contributed by atoms with Gasteiger partial charge in [-0.1, -0.05) is 11.6 Å². The highest BCUT2D eigenvalue weighted by atomic mass is 35.5. The van der Waals surface area contributed by atoms with Crippen LogP contribution in [0.2, 0.25) is 5.02 Å². The van der Waals surface area contributed by atoms with Gasteiger partial charge < -0.3 is 4.90 Å². The maximum Gasteiger partial charge on any atom is 0.262 e. The molecular formula is C20H22ClFN2O3S. The molecule has 5 nitrogen and oxygen atoms in total. The molecule has 1 N–H and O–H groups in total. The minimum atomic E-state index is -3.92. The summed E-state index contributed by atoms with van der Waals surface area (Å²) in [5.74, 6) is -1.10. The van der Waals surface area contributed by atoms with Crippen LogP contribution in [-0.2, 0) is 10.0 Å². The lowest BCUT2D eigenvalue weighted by Gasteiger charge is -2.22. The number of hydrogen-bond donors (Lipinski definition) is 1. The SMILES string of the molecule is Cc1cc(S(=O)(=O)Nc2ccc(F)c(C(=O)N3CCC[C@H]3C)c2)c(C)cc1Cl. The first-order valence-electron chi connectivity index (χ1n) is 9.00. The molecule has 1 atom stereocenters. The summed E-state index contributed by atoms with van der Waals surface area (Å²) >= 11 is 6.04. The van der Waals surface area contributed by atoms with Gasteiger partial charge in [0.05, 0.1) is 10.5 Å². The summed E-state index contributed by atoms with van der Waals surface area (Å²) in [6, 6.07) is 6.76. The zero-order valence-electron chi connectivity index (χ0n) is 15.9. The number of halogens is 2. The van der Waals surface area contributed by atoms with Crippen molar-refractivity contribution in [2.45, 2.75) is 44.6 Å². The third-order valence-corrected chi connectivity index (χ3v) is 6.94. The number of amides is 1. The number of nitrogens with one attached hydrogen (secondary N) is 1. The number of carbonyl (C=O) groups excluding carboxylic acids is 1. The zero-order valence-corrected chi connectivity index (χ0v) is 17.5. The van der Waals surface area contributed by atoms with E-state index in [1.165, 1.54) is 18.2 Å². The lowest BCUT2D eigenvalue weighted by Crippen LogP contribution is -2.34. The molecule has 1 fully saturated rings. The molecule has 1 amide bonds. The van der Waals surface area contributed by atoms with E-state index in [9.17, 15) is 17.6 Å². The molecule has 1 heterocycles. The molecule has 1 saturated heterocycles. The maximum atomic E-state index is 14.3. The van der Waals surface area contributed by atoms with Crippen LogP contribution in [0.1, 0.15) is 41.3 Å². The summed E-state index contributed by atoms with van der Waals surface area (Å²) < 4.78 is 42.4. The number of rotatable bonds is 4. The van der Waals surface area contributed by atoms with Crippen LogP contribution in [0.15, 0.2) is 35.2 Å². The van der Waals surface area contributed by atoms with Gasteiger partial charge in [-0.15, -0.1) is 0 Å². The Kier molecular flexibility index (Phi) is 5.68. The first kappa shape index (κ1) is 20.6. The summed E-state index contributed by atoms with van der Waals surface area (Å²) in [5.41, 5.74) is 1.11. The third-order valence-electron chi connectivity index (χ3n) is 5.01. The highest BCUT2D eigenvalue weighted by molar-refractivity contribution is 7.92. The van der Waals surface area contributed by atoms with Gasteiger partial charge in [-0.05, 0) is 75.1 Å². The van der Waals surface area contributed by atoms with Crippen molar-refractivity contribution >= 4 is 33.2 Å². The Balaban J connectivity index is 1.93. The van der Waals surface area contributed by atoms with Crippen LogP contribution in [0.4, 0.5) is 10.1 Å². The summed E-state index contributed by atoms with van der Waals surface area (Å²) in [4.78, 5) is 14.4. The second-order valence-corrected chi connectivity index (χ2v) is 9.21. The van der Waals surface area contributed by atoms with Crippen LogP contribution in [0.25, 0.3) is 0 Å². The van der Waals surface area contributed by atoms with Crippen LogP contribution in [-0.4, -0.2) is 31.8 Å². The van der Waals surface area contributed by atoms with Gasteiger partial charge >= 0.3 is 0 Å². The molecule has 2 aromatic rings. The zero-order chi connectivity index (χ0) is 20.6. The van der Waals surface area contributed by atoms with Gasteiger partial charge in [0.2, 0.25) is 0 Å². The second-order valence-electron chi connectivity index (χ2n) is 7.16. The van der Waals surface area contributed by atoms with Gasteiger partial charge in [0.25, 0.3) is 15.9 Å². The second kappa shape index (κ2) is 7.72. The first-order chi connectivity index (χ1) is 13.1. The highest BCUT2D eigenvalue weighted by Crippen LogP contribution is 2.27. The molecular weight excluding hydrogens is 403 g/mol. The van der Waals surface area contributed by atoms with Crippen LogP contribution < -0.4 is 4.72 Å². The van der Waals surface area contributed by atoms with Crippen molar-refractivity contribution in [3.8, 4) is 0 Å².